The van der Waals surface area contributed by atoms with Crippen molar-refractivity contribution >= 4 is 40.3 Å². The van der Waals surface area contributed by atoms with Crippen LogP contribution in [0.25, 0.3) is 0 Å². The second kappa shape index (κ2) is 8.54. The maximum absolute atomic E-state index is 5.89. The molecule has 0 bridgehead atoms. The summed E-state index contributed by atoms with van der Waals surface area (Å²) in [6.07, 6.45) is 2.63. The minimum atomic E-state index is 0.608. The van der Waals surface area contributed by atoms with Crippen LogP contribution in [0.5, 0.6) is 0 Å². The Hall–Kier alpha value is -1.78. The van der Waals surface area contributed by atoms with Gasteiger partial charge in [-0.25, -0.2) is 0 Å². The molecule has 3 rings (SSSR count). The fourth-order valence-corrected chi connectivity index (χ4v) is 3.46. The van der Waals surface area contributed by atoms with Crippen molar-refractivity contribution in [3.05, 3.63) is 59.1 Å². The van der Waals surface area contributed by atoms with E-state index in [0.717, 1.165) is 24.7 Å². The van der Waals surface area contributed by atoms with Gasteiger partial charge in [0, 0.05) is 36.0 Å². The summed E-state index contributed by atoms with van der Waals surface area (Å²) in [5.41, 5.74) is 3.46. The van der Waals surface area contributed by atoms with Crippen LogP contribution in [0.3, 0.4) is 0 Å². The summed E-state index contributed by atoms with van der Waals surface area (Å²) < 4.78 is 0. The van der Waals surface area contributed by atoms with Crippen molar-refractivity contribution in [2.24, 2.45) is 5.92 Å². The zero-order chi connectivity index (χ0) is 17.6. The number of rotatable bonds is 4. The lowest BCUT2D eigenvalue weighted by molar-refractivity contribution is 0.447. The van der Waals surface area contributed by atoms with Gasteiger partial charge in [0.05, 0.1) is 0 Å². The van der Waals surface area contributed by atoms with Gasteiger partial charge in [0.1, 0.15) is 0 Å². The first kappa shape index (κ1) is 18.0. The average Bonchev–Trinajstić information content (AvgIpc) is 2.62. The fourth-order valence-electron chi connectivity index (χ4n) is 3.14. The monoisotopic (exact) mass is 373 g/mol. The molecule has 1 fully saturated rings. The van der Waals surface area contributed by atoms with Crippen molar-refractivity contribution < 1.29 is 0 Å². The Morgan fingerprint density at radius 3 is 2.56 bits per heavy atom. The Labute approximate surface area is 160 Å². The Balaban J connectivity index is 1.49. The van der Waals surface area contributed by atoms with E-state index in [9.17, 15) is 0 Å². The average molecular weight is 374 g/mol. The van der Waals surface area contributed by atoms with Crippen LogP contribution in [-0.2, 0) is 6.54 Å². The van der Waals surface area contributed by atoms with Gasteiger partial charge >= 0.3 is 0 Å². The molecule has 1 aliphatic heterocycles. The summed E-state index contributed by atoms with van der Waals surface area (Å²) in [5, 5.41) is 7.73. The summed E-state index contributed by atoms with van der Waals surface area (Å²) in [6, 6.07) is 16.3. The lowest BCUT2D eigenvalue weighted by Crippen LogP contribution is -2.34. The minimum Gasteiger partial charge on any atom is -0.371 e. The first-order valence-corrected chi connectivity index (χ1v) is 9.53. The highest BCUT2D eigenvalue weighted by molar-refractivity contribution is 7.80. The second-order valence-electron chi connectivity index (χ2n) is 6.67. The molecule has 1 aliphatic rings. The standard InChI is InChI=1S/C20H24ClN3S/c1-15-3-2-12-24(14-15)19-10-4-16(5-11-19)13-22-20(25)23-18-8-6-17(21)7-9-18/h4-11,15H,2-3,12-14H2,1H3,(H2,22,23,25)/t15-/m1/s1. The molecule has 0 unspecified atom stereocenters. The predicted octanol–water partition coefficient (Wildman–Crippen LogP) is 5.06. The fraction of sp³-hybridized carbons (Fsp3) is 0.350. The topological polar surface area (TPSA) is 27.3 Å². The maximum Gasteiger partial charge on any atom is 0.171 e. The zero-order valence-electron chi connectivity index (χ0n) is 14.5. The molecule has 0 aromatic heterocycles. The molecule has 132 valence electrons. The van der Waals surface area contributed by atoms with E-state index in [-0.39, 0.29) is 0 Å². The number of halogens is 1. The normalized spacial score (nSPS) is 17.2. The van der Waals surface area contributed by atoms with E-state index in [1.807, 2.05) is 24.3 Å². The molecular weight excluding hydrogens is 350 g/mol. The van der Waals surface area contributed by atoms with Crippen molar-refractivity contribution in [1.82, 2.24) is 5.32 Å². The van der Waals surface area contributed by atoms with Gasteiger partial charge in [-0.1, -0.05) is 30.7 Å². The quantitative estimate of drug-likeness (QED) is 0.732. The molecule has 25 heavy (non-hydrogen) atoms. The summed E-state index contributed by atoms with van der Waals surface area (Å²) in [7, 11) is 0. The third-order valence-corrected chi connectivity index (χ3v) is 5.01. The number of hydrogen-bond donors (Lipinski definition) is 2. The molecule has 0 saturated carbocycles. The number of thiocarbonyl (C=S) groups is 1. The van der Waals surface area contributed by atoms with Crippen LogP contribution in [0.2, 0.25) is 5.02 Å². The second-order valence-corrected chi connectivity index (χ2v) is 7.52. The van der Waals surface area contributed by atoms with E-state index in [1.165, 1.54) is 24.1 Å². The van der Waals surface area contributed by atoms with Crippen LogP contribution in [0, 0.1) is 5.92 Å². The smallest absolute Gasteiger partial charge is 0.171 e. The highest BCUT2D eigenvalue weighted by atomic mass is 35.5. The molecule has 5 heteroatoms. The number of benzene rings is 2. The Morgan fingerprint density at radius 2 is 1.88 bits per heavy atom. The Bertz CT molecular complexity index is 700. The van der Waals surface area contributed by atoms with Crippen LogP contribution in [0.15, 0.2) is 48.5 Å². The molecule has 2 aromatic carbocycles. The molecule has 1 saturated heterocycles. The van der Waals surface area contributed by atoms with E-state index < -0.39 is 0 Å². The van der Waals surface area contributed by atoms with E-state index >= 15 is 0 Å². The molecule has 2 aromatic rings. The van der Waals surface area contributed by atoms with Crippen LogP contribution in [0.4, 0.5) is 11.4 Å². The maximum atomic E-state index is 5.89. The molecule has 1 heterocycles. The molecule has 0 aliphatic carbocycles. The van der Waals surface area contributed by atoms with Crippen LogP contribution >= 0.6 is 23.8 Å². The Morgan fingerprint density at radius 1 is 1.16 bits per heavy atom. The number of hydrogen-bond acceptors (Lipinski definition) is 2. The van der Waals surface area contributed by atoms with Crippen molar-refractivity contribution in [3.63, 3.8) is 0 Å². The van der Waals surface area contributed by atoms with Gasteiger partial charge in [-0.15, -0.1) is 0 Å². The SMILES string of the molecule is C[C@@H]1CCCN(c2ccc(CNC(=S)Nc3ccc(Cl)cc3)cc2)C1. The van der Waals surface area contributed by atoms with E-state index in [1.54, 1.807) is 0 Å². The first-order valence-electron chi connectivity index (χ1n) is 8.74. The molecule has 0 spiro atoms. The van der Waals surface area contributed by atoms with Crippen LogP contribution in [0.1, 0.15) is 25.3 Å². The zero-order valence-corrected chi connectivity index (χ0v) is 16.0. The number of piperidine rings is 1. The number of anilines is 2. The van der Waals surface area contributed by atoms with Gasteiger partial charge in [-0.3, -0.25) is 0 Å². The van der Waals surface area contributed by atoms with Crippen molar-refractivity contribution in [2.45, 2.75) is 26.3 Å². The number of nitrogens with one attached hydrogen (secondary N) is 2. The third-order valence-electron chi connectivity index (χ3n) is 4.51. The highest BCUT2D eigenvalue weighted by Crippen LogP contribution is 2.23. The lowest BCUT2D eigenvalue weighted by Gasteiger charge is -2.32. The van der Waals surface area contributed by atoms with Gasteiger partial charge in [-0.05, 0) is 72.9 Å². The van der Waals surface area contributed by atoms with E-state index in [4.69, 9.17) is 23.8 Å². The van der Waals surface area contributed by atoms with E-state index in [0.29, 0.717) is 16.7 Å². The number of nitrogens with zero attached hydrogens (tertiary/aromatic N) is 1. The van der Waals surface area contributed by atoms with Crippen molar-refractivity contribution in [3.8, 4) is 0 Å². The molecule has 0 amide bonds. The summed E-state index contributed by atoms with van der Waals surface area (Å²) in [4.78, 5) is 2.48. The molecule has 1 atom stereocenters. The van der Waals surface area contributed by atoms with Crippen molar-refractivity contribution in [2.75, 3.05) is 23.3 Å². The van der Waals surface area contributed by atoms with E-state index in [2.05, 4.69) is 46.7 Å². The minimum absolute atomic E-state index is 0.608. The summed E-state index contributed by atoms with van der Waals surface area (Å²) >= 11 is 11.2. The largest absolute Gasteiger partial charge is 0.371 e. The molecular formula is C20H24ClN3S. The Kier molecular flexibility index (Phi) is 6.16. The molecule has 2 N–H and O–H groups in total. The predicted molar refractivity (Wildman–Crippen MR) is 112 cm³/mol. The first-order chi connectivity index (χ1) is 12.1. The van der Waals surface area contributed by atoms with Crippen LogP contribution < -0.4 is 15.5 Å². The van der Waals surface area contributed by atoms with Gasteiger partial charge in [-0.2, -0.15) is 0 Å². The van der Waals surface area contributed by atoms with Gasteiger partial charge in [0.2, 0.25) is 0 Å². The lowest BCUT2D eigenvalue weighted by atomic mass is 9.99. The summed E-state index contributed by atoms with van der Waals surface area (Å²) in [5.74, 6) is 0.784. The van der Waals surface area contributed by atoms with Gasteiger partial charge in [0.25, 0.3) is 0 Å². The third kappa shape index (κ3) is 5.35. The van der Waals surface area contributed by atoms with Crippen molar-refractivity contribution in [1.29, 1.82) is 0 Å². The molecule has 0 radical (unpaired) electrons. The molecule has 3 nitrogen and oxygen atoms in total. The van der Waals surface area contributed by atoms with Crippen LogP contribution in [-0.4, -0.2) is 18.2 Å². The van der Waals surface area contributed by atoms with Gasteiger partial charge < -0.3 is 15.5 Å². The highest BCUT2D eigenvalue weighted by Gasteiger charge is 2.16. The van der Waals surface area contributed by atoms with Gasteiger partial charge in [0.15, 0.2) is 5.11 Å². The summed E-state index contributed by atoms with van der Waals surface area (Å²) in [6.45, 7) is 5.36.